The monoisotopic (exact) mass is 998 g/mol. The van der Waals surface area contributed by atoms with Gasteiger partial charge < -0.3 is 20.3 Å². The van der Waals surface area contributed by atoms with Gasteiger partial charge in [-0.15, -0.1) is 0 Å². The molecule has 0 aromatic rings. The summed E-state index contributed by atoms with van der Waals surface area (Å²) in [5, 5.41) is 23.0. The maximum absolute atomic E-state index is 12.4. The molecule has 0 saturated carbocycles. The van der Waals surface area contributed by atoms with E-state index in [9.17, 15) is 19.8 Å². The van der Waals surface area contributed by atoms with Crippen molar-refractivity contribution in [1.29, 1.82) is 0 Å². The standard InChI is InChI=1S/C65H123NO5/c1-3-5-7-9-11-13-14-39-43-47-51-55-59-65(70)71-60-56-52-48-44-40-37-35-33-31-29-27-25-23-21-19-17-15-16-18-20-22-24-26-28-30-32-34-36-38-42-46-50-54-58-64(69)66-62(61-67)63(68)57-53-49-45-41-12-10-8-6-4-2/h11,13,19,21,53,57,62-63,67-68H,3-10,12,14-18,20,22-52,54-56,58-61H2,1-2H3,(H,66,69)/b13-11-,21-19-,57-53+. The first-order valence-corrected chi connectivity index (χ1v) is 31.8. The minimum Gasteiger partial charge on any atom is -0.466 e. The highest BCUT2D eigenvalue weighted by Crippen LogP contribution is 2.17. The van der Waals surface area contributed by atoms with Gasteiger partial charge in [-0.25, -0.2) is 0 Å². The van der Waals surface area contributed by atoms with Crippen molar-refractivity contribution in [2.45, 2.75) is 353 Å². The zero-order chi connectivity index (χ0) is 51.4. The Hall–Kier alpha value is -1.92. The van der Waals surface area contributed by atoms with Crippen molar-refractivity contribution in [1.82, 2.24) is 5.32 Å². The van der Waals surface area contributed by atoms with Gasteiger partial charge in [0, 0.05) is 12.8 Å². The molecule has 2 unspecified atom stereocenters. The molecule has 2 atom stereocenters. The van der Waals surface area contributed by atoms with Crippen LogP contribution in [0, 0.1) is 0 Å². The average molecular weight is 999 g/mol. The van der Waals surface area contributed by atoms with Crippen molar-refractivity contribution < 1.29 is 24.5 Å². The fourth-order valence-corrected chi connectivity index (χ4v) is 9.74. The van der Waals surface area contributed by atoms with Gasteiger partial charge in [0.15, 0.2) is 0 Å². The predicted octanol–water partition coefficient (Wildman–Crippen LogP) is 20.0. The summed E-state index contributed by atoms with van der Waals surface area (Å²) in [6.07, 6.45) is 76.5. The first-order valence-electron chi connectivity index (χ1n) is 31.8. The van der Waals surface area contributed by atoms with Crippen LogP contribution < -0.4 is 5.32 Å². The first-order chi connectivity index (χ1) is 35.0. The van der Waals surface area contributed by atoms with Crippen LogP contribution in [0.4, 0.5) is 0 Å². The molecular weight excluding hydrogens is 875 g/mol. The van der Waals surface area contributed by atoms with Crippen LogP contribution in [-0.4, -0.2) is 47.4 Å². The predicted molar refractivity (Wildman–Crippen MR) is 310 cm³/mol. The number of aliphatic hydroxyl groups excluding tert-OH is 2. The first kappa shape index (κ1) is 69.1. The lowest BCUT2D eigenvalue weighted by molar-refractivity contribution is -0.143. The minimum atomic E-state index is -0.840. The van der Waals surface area contributed by atoms with Crippen molar-refractivity contribution in [3.8, 4) is 0 Å². The second kappa shape index (κ2) is 60.6. The van der Waals surface area contributed by atoms with E-state index in [0.29, 0.717) is 19.4 Å². The third-order valence-corrected chi connectivity index (χ3v) is 14.6. The van der Waals surface area contributed by atoms with Gasteiger partial charge in [-0.1, -0.05) is 281 Å². The molecular formula is C65H123NO5. The number of unbranched alkanes of at least 4 members (excludes halogenated alkanes) is 44. The van der Waals surface area contributed by atoms with E-state index in [4.69, 9.17) is 4.74 Å². The fraction of sp³-hybridized carbons (Fsp3) is 0.877. The van der Waals surface area contributed by atoms with Gasteiger partial charge in [0.05, 0.1) is 25.4 Å². The number of hydrogen-bond donors (Lipinski definition) is 3. The zero-order valence-electron chi connectivity index (χ0n) is 47.7. The summed E-state index contributed by atoms with van der Waals surface area (Å²) in [6, 6.07) is -0.623. The van der Waals surface area contributed by atoms with Crippen molar-refractivity contribution in [3.05, 3.63) is 36.5 Å². The van der Waals surface area contributed by atoms with Gasteiger partial charge >= 0.3 is 5.97 Å². The van der Waals surface area contributed by atoms with Crippen LogP contribution in [0.25, 0.3) is 0 Å². The molecule has 0 radical (unpaired) electrons. The normalized spacial score (nSPS) is 12.8. The second-order valence-corrected chi connectivity index (χ2v) is 21.7. The summed E-state index contributed by atoms with van der Waals surface area (Å²) in [6.45, 7) is 4.86. The largest absolute Gasteiger partial charge is 0.466 e. The molecule has 71 heavy (non-hydrogen) atoms. The van der Waals surface area contributed by atoms with Crippen LogP contribution in [0.2, 0.25) is 0 Å². The van der Waals surface area contributed by atoms with Crippen molar-refractivity contribution >= 4 is 11.9 Å². The molecule has 1 amide bonds. The molecule has 0 aromatic carbocycles. The number of nitrogens with one attached hydrogen (secondary N) is 1. The molecule has 6 nitrogen and oxygen atoms in total. The Balaban J connectivity index is 3.33. The molecule has 0 rings (SSSR count). The van der Waals surface area contributed by atoms with E-state index >= 15 is 0 Å². The summed E-state index contributed by atoms with van der Waals surface area (Å²) >= 11 is 0. The van der Waals surface area contributed by atoms with E-state index in [2.05, 4.69) is 43.5 Å². The van der Waals surface area contributed by atoms with Gasteiger partial charge in [-0.2, -0.15) is 0 Å². The number of hydrogen-bond acceptors (Lipinski definition) is 5. The Labute approximate surface area is 443 Å². The molecule has 0 heterocycles. The molecule has 0 aromatic heterocycles. The Morgan fingerprint density at radius 3 is 1.03 bits per heavy atom. The highest BCUT2D eigenvalue weighted by Gasteiger charge is 2.18. The highest BCUT2D eigenvalue weighted by molar-refractivity contribution is 5.76. The number of amides is 1. The number of rotatable bonds is 59. The molecule has 0 aliphatic carbocycles. The van der Waals surface area contributed by atoms with Crippen LogP contribution in [0.3, 0.4) is 0 Å². The van der Waals surface area contributed by atoms with Crippen LogP contribution in [0.15, 0.2) is 36.5 Å². The number of allylic oxidation sites excluding steroid dienone is 5. The Kier molecular flexibility index (Phi) is 59.0. The number of aliphatic hydroxyl groups is 2. The highest BCUT2D eigenvalue weighted by atomic mass is 16.5. The molecule has 418 valence electrons. The lowest BCUT2D eigenvalue weighted by Crippen LogP contribution is -2.45. The molecule has 0 saturated heterocycles. The molecule has 0 aliphatic rings. The van der Waals surface area contributed by atoms with E-state index in [1.165, 1.54) is 270 Å². The summed E-state index contributed by atoms with van der Waals surface area (Å²) in [7, 11) is 0. The van der Waals surface area contributed by atoms with E-state index in [-0.39, 0.29) is 18.5 Å². The Bertz CT molecular complexity index is 1150. The summed E-state index contributed by atoms with van der Waals surface area (Å²) in [5.74, 6) is -0.0588. The Morgan fingerprint density at radius 1 is 0.380 bits per heavy atom. The van der Waals surface area contributed by atoms with E-state index in [1.807, 2.05) is 6.08 Å². The van der Waals surface area contributed by atoms with Gasteiger partial charge in [-0.3, -0.25) is 9.59 Å². The molecule has 0 bridgehead atoms. The summed E-state index contributed by atoms with van der Waals surface area (Å²) in [4.78, 5) is 24.4. The lowest BCUT2D eigenvalue weighted by Gasteiger charge is -2.20. The quantitative estimate of drug-likeness (QED) is 0.0321. The number of carbonyl (C=O) groups is 2. The van der Waals surface area contributed by atoms with Crippen LogP contribution >= 0.6 is 0 Å². The minimum absolute atomic E-state index is 0.00809. The third kappa shape index (κ3) is 57.2. The summed E-state index contributed by atoms with van der Waals surface area (Å²) in [5.41, 5.74) is 0. The number of esters is 1. The van der Waals surface area contributed by atoms with Crippen molar-refractivity contribution in [3.63, 3.8) is 0 Å². The van der Waals surface area contributed by atoms with Crippen molar-refractivity contribution in [2.75, 3.05) is 13.2 Å². The Morgan fingerprint density at radius 2 is 0.662 bits per heavy atom. The smallest absolute Gasteiger partial charge is 0.305 e. The number of ether oxygens (including phenoxy) is 1. The molecule has 3 N–H and O–H groups in total. The van der Waals surface area contributed by atoms with Crippen molar-refractivity contribution in [2.24, 2.45) is 0 Å². The fourth-order valence-electron chi connectivity index (χ4n) is 9.74. The molecule has 0 aliphatic heterocycles. The number of carbonyl (C=O) groups excluding carboxylic acids is 2. The van der Waals surface area contributed by atoms with E-state index in [1.54, 1.807) is 6.08 Å². The topological polar surface area (TPSA) is 95.9 Å². The van der Waals surface area contributed by atoms with E-state index < -0.39 is 12.1 Å². The van der Waals surface area contributed by atoms with E-state index in [0.717, 1.165) is 44.9 Å². The zero-order valence-corrected chi connectivity index (χ0v) is 47.7. The van der Waals surface area contributed by atoms with Gasteiger partial charge in [0.1, 0.15) is 0 Å². The lowest BCUT2D eigenvalue weighted by atomic mass is 10.0. The average Bonchev–Trinajstić information content (AvgIpc) is 3.37. The SMILES string of the molecule is CCCCC/C=C\CCCCCCCC(=O)OCCCCCCCCCCCCCC/C=C\CCCCCCCCCCCCCCCCCCCC(=O)NC(CO)C(O)/C=C/CCCCCCCCC. The molecule has 0 fully saturated rings. The van der Waals surface area contributed by atoms with Gasteiger partial charge in [0.2, 0.25) is 5.91 Å². The third-order valence-electron chi connectivity index (χ3n) is 14.6. The molecule has 6 heteroatoms. The van der Waals surface area contributed by atoms with Crippen LogP contribution in [-0.2, 0) is 14.3 Å². The maximum Gasteiger partial charge on any atom is 0.305 e. The second-order valence-electron chi connectivity index (χ2n) is 21.7. The van der Waals surface area contributed by atoms with Gasteiger partial charge in [-0.05, 0) is 83.5 Å². The molecule has 0 spiro atoms. The van der Waals surface area contributed by atoms with Crippen LogP contribution in [0.5, 0.6) is 0 Å². The summed E-state index contributed by atoms with van der Waals surface area (Å²) < 4.78 is 5.47. The van der Waals surface area contributed by atoms with Gasteiger partial charge in [0.25, 0.3) is 0 Å². The van der Waals surface area contributed by atoms with Crippen LogP contribution in [0.1, 0.15) is 341 Å². The maximum atomic E-state index is 12.4.